The van der Waals surface area contributed by atoms with E-state index in [1.165, 1.54) is 60.7 Å². The van der Waals surface area contributed by atoms with Crippen LogP contribution in [0, 0.1) is 0 Å². The first kappa shape index (κ1) is 19.6. The van der Waals surface area contributed by atoms with Gasteiger partial charge in [-0.25, -0.2) is 13.1 Å². The van der Waals surface area contributed by atoms with Gasteiger partial charge in [0.05, 0.1) is 41.2 Å². The maximum absolute atomic E-state index is 12.9. The van der Waals surface area contributed by atoms with Crippen LogP contribution in [0.1, 0.15) is 5.56 Å². The lowest BCUT2D eigenvalue weighted by Gasteiger charge is -2.09. The number of sulfone groups is 1. The van der Waals surface area contributed by atoms with Crippen molar-refractivity contribution in [2.75, 3.05) is 7.11 Å². The minimum Gasteiger partial charge on any atom is -0.506 e. The van der Waals surface area contributed by atoms with Gasteiger partial charge in [-0.3, -0.25) is 9.78 Å². The molecule has 9 heteroatoms. The monoisotopic (exact) mass is 423 g/mol. The number of pyridine rings is 1. The summed E-state index contributed by atoms with van der Waals surface area (Å²) in [5.41, 5.74) is 0.106. The van der Waals surface area contributed by atoms with Crippen LogP contribution in [0.4, 0.5) is 0 Å². The van der Waals surface area contributed by atoms with Crippen molar-refractivity contribution < 1.29 is 18.3 Å². The van der Waals surface area contributed by atoms with Gasteiger partial charge < -0.3 is 9.84 Å². The fourth-order valence-corrected chi connectivity index (χ4v) is 4.34. The molecule has 0 radical (unpaired) electrons. The van der Waals surface area contributed by atoms with Gasteiger partial charge in [-0.2, -0.15) is 5.10 Å². The van der Waals surface area contributed by atoms with Crippen LogP contribution in [0.3, 0.4) is 0 Å². The summed E-state index contributed by atoms with van der Waals surface area (Å²) in [6.45, 7) is 0.0645. The fourth-order valence-electron chi connectivity index (χ4n) is 3.05. The van der Waals surface area contributed by atoms with Gasteiger partial charge in [0, 0.05) is 17.1 Å². The summed E-state index contributed by atoms with van der Waals surface area (Å²) in [7, 11) is -2.26. The van der Waals surface area contributed by atoms with E-state index in [0.717, 1.165) is 0 Å². The Morgan fingerprint density at radius 2 is 1.77 bits per heavy atom. The molecule has 0 aliphatic heterocycles. The van der Waals surface area contributed by atoms with E-state index in [9.17, 15) is 18.3 Å². The van der Waals surface area contributed by atoms with Crippen LogP contribution in [0.25, 0.3) is 10.8 Å². The molecular weight excluding hydrogens is 406 g/mol. The maximum Gasteiger partial charge on any atom is 0.274 e. The molecule has 2 heterocycles. The highest BCUT2D eigenvalue weighted by Crippen LogP contribution is 2.25. The molecule has 30 heavy (non-hydrogen) atoms. The predicted octanol–water partition coefficient (Wildman–Crippen LogP) is 2.39. The number of methoxy groups -OCH3 is 1. The molecule has 8 nitrogen and oxygen atoms in total. The van der Waals surface area contributed by atoms with Gasteiger partial charge in [-0.15, -0.1) is 0 Å². The third-order valence-corrected chi connectivity index (χ3v) is 6.48. The molecule has 0 unspecified atom stereocenters. The average Bonchev–Trinajstić information content (AvgIpc) is 2.77. The summed E-state index contributed by atoms with van der Waals surface area (Å²) in [5.74, 6) is 0.518. The summed E-state index contributed by atoms with van der Waals surface area (Å²) in [5, 5.41) is 14.7. The number of aromatic hydroxyl groups is 1. The van der Waals surface area contributed by atoms with Crippen molar-refractivity contribution in [3.63, 3.8) is 0 Å². The third kappa shape index (κ3) is 3.50. The molecule has 0 bridgehead atoms. The smallest absolute Gasteiger partial charge is 0.274 e. The van der Waals surface area contributed by atoms with Crippen LogP contribution in [0.15, 0.2) is 81.7 Å². The second-order valence-corrected chi connectivity index (χ2v) is 8.49. The highest BCUT2D eigenvalue weighted by molar-refractivity contribution is 7.91. The Hall–Kier alpha value is -3.72. The molecule has 0 fully saturated rings. The molecule has 1 N–H and O–H groups in total. The lowest BCUT2D eigenvalue weighted by atomic mass is 10.2. The number of benzene rings is 2. The van der Waals surface area contributed by atoms with Crippen LogP contribution in [-0.4, -0.2) is 35.4 Å². The van der Waals surface area contributed by atoms with Gasteiger partial charge in [0.15, 0.2) is 0 Å². The van der Waals surface area contributed by atoms with E-state index in [1.807, 2.05) is 0 Å². The average molecular weight is 423 g/mol. The van der Waals surface area contributed by atoms with Gasteiger partial charge in [-0.05, 0) is 48.5 Å². The first-order valence-electron chi connectivity index (χ1n) is 8.91. The van der Waals surface area contributed by atoms with Gasteiger partial charge in [-0.1, -0.05) is 0 Å². The van der Waals surface area contributed by atoms with E-state index in [2.05, 4.69) is 10.1 Å². The van der Waals surface area contributed by atoms with E-state index in [-0.39, 0.29) is 22.1 Å². The molecule has 0 amide bonds. The Kier molecular flexibility index (Phi) is 4.96. The number of hydrogen-bond donors (Lipinski definition) is 1. The highest BCUT2D eigenvalue weighted by Gasteiger charge is 2.19. The van der Waals surface area contributed by atoms with Gasteiger partial charge in [0.1, 0.15) is 11.5 Å². The van der Waals surface area contributed by atoms with Crippen molar-refractivity contribution in [1.29, 1.82) is 0 Å². The van der Waals surface area contributed by atoms with E-state index in [0.29, 0.717) is 22.1 Å². The maximum atomic E-state index is 12.9. The zero-order valence-corrected chi connectivity index (χ0v) is 16.7. The van der Waals surface area contributed by atoms with Crippen LogP contribution < -0.4 is 10.3 Å². The zero-order chi connectivity index (χ0) is 21.3. The summed E-state index contributed by atoms with van der Waals surface area (Å²) in [6.07, 6.45) is 4.23. The van der Waals surface area contributed by atoms with Gasteiger partial charge in [0.2, 0.25) is 9.84 Å². The molecule has 0 spiro atoms. The summed E-state index contributed by atoms with van der Waals surface area (Å²) in [4.78, 5) is 16.8. The van der Waals surface area contributed by atoms with E-state index in [1.54, 1.807) is 18.2 Å². The summed E-state index contributed by atoms with van der Waals surface area (Å²) in [6, 6.07) is 12.0. The van der Waals surface area contributed by atoms with E-state index < -0.39 is 15.4 Å². The van der Waals surface area contributed by atoms with E-state index in [4.69, 9.17) is 4.74 Å². The number of rotatable bonds is 5. The van der Waals surface area contributed by atoms with Crippen LogP contribution in [0.5, 0.6) is 11.5 Å². The zero-order valence-electron chi connectivity index (χ0n) is 15.9. The van der Waals surface area contributed by atoms with Crippen molar-refractivity contribution in [2.45, 2.75) is 16.3 Å². The normalized spacial score (nSPS) is 11.5. The quantitative estimate of drug-likeness (QED) is 0.525. The Morgan fingerprint density at radius 3 is 2.47 bits per heavy atom. The molecule has 0 aliphatic rings. The number of aromatic nitrogens is 3. The SMILES string of the molecule is COc1ccc(S(=O)(=O)c2ccc3c(=O)n(Cc4ccncc4O)ncc3c2)cc1. The molecule has 4 rings (SSSR count). The molecule has 2 aromatic heterocycles. The van der Waals surface area contributed by atoms with Crippen molar-refractivity contribution >= 4 is 20.6 Å². The minimum absolute atomic E-state index is 0.0350. The number of ether oxygens (including phenoxy) is 1. The Morgan fingerprint density at radius 1 is 1.03 bits per heavy atom. The minimum atomic E-state index is -3.76. The molecule has 0 saturated heterocycles. The highest BCUT2D eigenvalue weighted by atomic mass is 32.2. The lowest BCUT2D eigenvalue weighted by molar-refractivity contribution is 0.414. The van der Waals surface area contributed by atoms with Crippen LogP contribution >= 0.6 is 0 Å². The first-order valence-corrected chi connectivity index (χ1v) is 10.4. The Bertz CT molecular complexity index is 1400. The van der Waals surface area contributed by atoms with E-state index >= 15 is 0 Å². The molecule has 0 aliphatic carbocycles. The van der Waals surface area contributed by atoms with Crippen molar-refractivity contribution in [3.05, 3.63) is 83.0 Å². The van der Waals surface area contributed by atoms with Gasteiger partial charge >= 0.3 is 0 Å². The number of fused-ring (bicyclic) bond motifs is 1. The summed E-state index contributed by atoms with van der Waals surface area (Å²) >= 11 is 0. The van der Waals surface area contributed by atoms with Crippen LogP contribution in [-0.2, 0) is 16.4 Å². The molecular formula is C21H17N3O5S. The largest absolute Gasteiger partial charge is 0.506 e. The Balaban J connectivity index is 1.73. The standard InChI is InChI=1S/C21H17N3O5S/c1-29-16-2-4-17(5-3-16)30(27,28)18-6-7-19-15(10-18)11-23-24(21(19)26)13-14-8-9-22-12-20(14)25/h2-12,25H,13H2,1H3. The van der Waals surface area contributed by atoms with Gasteiger partial charge in [0.25, 0.3) is 5.56 Å². The topological polar surface area (TPSA) is 111 Å². The second kappa shape index (κ2) is 7.60. The van der Waals surface area contributed by atoms with Crippen LogP contribution in [0.2, 0.25) is 0 Å². The summed E-state index contributed by atoms with van der Waals surface area (Å²) < 4.78 is 32.1. The van der Waals surface area contributed by atoms with Crippen molar-refractivity contribution in [2.24, 2.45) is 0 Å². The second-order valence-electron chi connectivity index (χ2n) is 6.54. The third-order valence-electron chi connectivity index (χ3n) is 4.71. The molecule has 2 aromatic carbocycles. The lowest BCUT2D eigenvalue weighted by Crippen LogP contribution is -2.23. The van der Waals surface area contributed by atoms with Crippen molar-refractivity contribution in [3.8, 4) is 11.5 Å². The van der Waals surface area contributed by atoms with Crippen molar-refractivity contribution in [1.82, 2.24) is 14.8 Å². The number of nitrogens with zero attached hydrogens (tertiary/aromatic N) is 3. The molecule has 0 atom stereocenters. The molecule has 152 valence electrons. The first-order chi connectivity index (χ1) is 14.4. The molecule has 0 saturated carbocycles. The predicted molar refractivity (Wildman–Crippen MR) is 109 cm³/mol. The fraction of sp³-hybridized carbons (Fsp3) is 0.0952. The molecule has 4 aromatic rings. The number of hydrogen-bond acceptors (Lipinski definition) is 7. The Labute approximate surface area is 171 Å².